The summed E-state index contributed by atoms with van der Waals surface area (Å²) in [5.74, 6) is 12.3. The van der Waals surface area contributed by atoms with E-state index in [4.69, 9.17) is 26.1 Å². The zero-order valence-electron chi connectivity index (χ0n) is 48.6. The predicted octanol–water partition coefficient (Wildman–Crippen LogP) is 7.38. The maximum atomic E-state index is 13.1. The molecule has 2 aliphatic rings. The van der Waals surface area contributed by atoms with Gasteiger partial charge in [-0.05, 0) is 140 Å². The molecule has 2 saturated heterocycles. The maximum Gasteiger partial charge on any atom is 1.00 e. The van der Waals surface area contributed by atoms with Gasteiger partial charge in [-0.15, -0.1) is 0 Å². The van der Waals surface area contributed by atoms with Crippen LogP contribution < -0.4 is 41.2 Å². The normalized spacial score (nSPS) is 15.4. The molecule has 0 saturated carbocycles. The second-order valence-corrected chi connectivity index (χ2v) is 21.9. The Balaban J connectivity index is 0.000000293. The minimum atomic E-state index is -1.25. The van der Waals surface area contributed by atoms with E-state index in [0.29, 0.717) is 71.3 Å². The molecule has 432 valence electrons. The molecule has 8 N–H and O–H groups in total. The van der Waals surface area contributed by atoms with Crippen LogP contribution in [0.2, 0.25) is 0 Å². The van der Waals surface area contributed by atoms with Gasteiger partial charge in [0, 0.05) is 54.7 Å². The molecule has 2 unspecified atom stereocenters. The van der Waals surface area contributed by atoms with E-state index in [0.717, 1.165) is 67.2 Å². The fraction of sp³-hybridized carbons (Fsp3) is 0.424. The summed E-state index contributed by atoms with van der Waals surface area (Å²) >= 11 is 0. The van der Waals surface area contributed by atoms with Crippen LogP contribution in [0.25, 0.3) is 22.5 Å². The van der Waals surface area contributed by atoms with E-state index < -0.39 is 41.4 Å². The van der Waals surface area contributed by atoms with Crippen molar-refractivity contribution in [2.75, 3.05) is 35.4 Å². The molecular formula is C59H75LiN12O10. The molecule has 23 heteroatoms. The summed E-state index contributed by atoms with van der Waals surface area (Å²) in [6.07, 6.45) is 10.5. The molecule has 82 heavy (non-hydrogen) atoms. The Morgan fingerprint density at radius 2 is 0.976 bits per heavy atom. The Hall–Kier alpha value is -8.06. The number of nitrogens with zero attached hydrogens (tertiary/aromatic N) is 8. The number of hydrogen-bond donors (Lipinski definition) is 5. The second-order valence-electron chi connectivity index (χ2n) is 21.9. The first-order valence-corrected chi connectivity index (χ1v) is 27.2. The maximum absolute atomic E-state index is 13.1. The van der Waals surface area contributed by atoms with Crippen molar-refractivity contribution in [3.63, 3.8) is 0 Å². The van der Waals surface area contributed by atoms with Crippen LogP contribution in [0.4, 0.5) is 21.2 Å². The molecule has 2 aromatic carbocycles. The number of nitrogens with one attached hydrogen (secondary N) is 2. The molecule has 4 aromatic heterocycles. The van der Waals surface area contributed by atoms with Gasteiger partial charge in [-0.2, -0.15) is 0 Å². The van der Waals surface area contributed by atoms with Gasteiger partial charge in [-0.1, -0.05) is 63.8 Å². The van der Waals surface area contributed by atoms with Gasteiger partial charge in [-0.25, -0.2) is 43.7 Å². The van der Waals surface area contributed by atoms with Crippen LogP contribution in [0, 0.1) is 0 Å². The average molecular weight is 1120 g/mol. The first-order chi connectivity index (χ1) is 38.0. The summed E-state index contributed by atoms with van der Waals surface area (Å²) < 4.78 is 13.7. The number of aromatic nitrogens is 6. The van der Waals surface area contributed by atoms with E-state index in [9.17, 15) is 33.9 Å². The van der Waals surface area contributed by atoms with Crippen LogP contribution in [-0.4, -0.2) is 110 Å². The van der Waals surface area contributed by atoms with Crippen molar-refractivity contribution in [2.24, 2.45) is 0 Å². The number of carboxylic acid groups (broad SMARTS) is 1. The third kappa shape index (κ3) is 16.1. The summed E-state index contributed by atoms with van der Waals surface area (Å²) in [6.45, 7) is 17.3. The molecule has 4 amide bonds. The Labute approximate surface area is 490 Å². The molecule has 0 aliphatic carbocycles. The van der Waals surface area contributed by atoms with Gasteiger partial charge in [0.05, 0.1) is 12.1 Å². The molecule has 0 spiro atoms. The van der Waals surface area contributed by atoms with Gasteiger partial charge in [-0.3, -0.25) is 24.2 Å². The number of carbonyl (C=O) groups excluding carboxylic acids is 5. The van der Waals surface area contributed by atoms with Crippen molar-refractivity contribution in [2.45, 2.75) is 150 Å². The van der Waals surface area contributed by atoms with Crippen molar-refractivity contribution in [3.05, 3.63) is 130 Å². The summed E-state index contributed by atoms with van der Waals surface area (Å²) in [6, 6.07) is 19.7. The van der Waals surface area contributed by atoms with E-state index in [1.165, 1.54) is 11.6 Å². The summed E-state index contributed by atoms with van der Waals surface area (Å²) in [5.41, 5.74) is 3.29. The van der Waals surface area contributed by atoms with Crippen molar-refractivity contribution in [1.29, 1.82) is 0 Å². The quantitative estimate of drug-likeness (QED) is 0.0453. The fourth-order valence-electron chi connectivity index (χ4n) is 9.61. The van der Waals surface area contributed by atoms with Crippen LogP contribution in [0.5, 0.6) is 0 Å². The van der Waals surface area contributed by atoms with Gasteiger partial charge < -0.3 is 42.4 Å². The zero-order chi connectivity index (χ0) is 58.1. The van der Waals surface area contributed by atoms with E-state index in [2.05, 4.69) is 25.6 Å². The van der Waals surface area contributed by atoms with E-state index >= 15 is 0 Å². The van der Waals surface area contributed by atoms with Crippen molar-refractivity contribution in [1.82, 2.24) is 39.1 Å². The first-order valence-electron chi connectivity index (χ1n) is 27.2. The number of ketones is 1. The minimum Gasteiger partial charge on any atom is -0.870 e. The smallest absolute Gasteiger partial charge is 0.870 e. The number of ether oxygens (including phenoxy) is 2. The van der Waals surface area contributed by atoms with Crippen LogP contribution in [0.15, 0.2) is 85.2 Å². The number of pyridine rings is 2. The van der Waals surface area contributed by atoms with Crippen LogP contribution in [0.3, 0.4) is 0 Å². The summed E-state index contributed by atoms with van der Waals surface area (Å²) in [7, 11) is 0. The number of aromatic carboxylic acids is 1. The number of anilines is 2. The van der Waals surface area contributed by atoms with Gasteiger partial charge in [0.25, 0.3) is 11.8 Å². The van der Waals surface area contributed by atoms with Gasteiger partial charge in [0.2, 0.25) is 0 Å². The topological polar surface area (TPSA) is 315 Å². The van der Waals surface area contributed by atoms with Gasteiger partial charge >= 0.3 is 37.0 Å². The first kappa shape index (κ1) is 64.8. The molecular weight excluding hydrogens is 1040 g/mol. The molecule has 2 aliphatic heterocycles. The fourth-order valence-corrected chi connectivity index (χ4v) is 9.61. The van der Waals surface area contributed by atoms with Gasteiger partial charge in [0.15, 0.2) is 23.1 Å². The number of imidazole rings is 2. The number of carboxylic acids is 1. The predicted molar refractivity (Wildman–Crippen MR) is 306 cm³/mol. The third-order valence-electron chi connectivity index (χ3n) is 13.6. The van der Waals surface area contributed by atoms with E-state index in [-0.39, 0.29) is 64.8 Å². The van der Waals surface area contributed by atoms with Crippen LogP contribution in [0.1, 0.15) is 190 Å². The molecule has 6 heterocycles. The minimum absolute atomic E-state index is 0. The molecule has 2 fully saturated rings. The Kier molecular flexibility index (Phi) is 22.2. The Morgan fingerprint density at radius 1 is 0.598 bits per heavy atom. The Bertz CT molecular complexity index is 3010. The number of hydrogen-bond acceptors (Lipinski definition) is 15. The number of nitrogens with two attached hydrogens (primary N) is 2. The average Bonchev–Trinajstić information content (AvgIpc) is 3.85. The van der Waals surface area contributed by atoms with Crippen molar-refractivity contribution >= 4 is 47.4 Å². The number of likely N-dealkylation sites (tertiary alicyclic amines) is 2. The molecule has 22 nitrogen and oxygen atoms in total. The summed E-state index contributed by atoms with van der Waals surface area (Å²) in [4.78, 5) is 98.0. The second kappa shape index (κ2) is 28.1. The van der Waals surface area contributed by atoms with Crippen LogP contribution >= 0.6 is 0 Å². The number of amides is 4. The largest absolute Gasteiger partial charge is 1.00 e. The number of rotatable bonds is 12. The number of aryl methyl sites for hydroxylation is 2. The summed E-state index contributed by atoms with van der Waals surface area (Å²) in [5, 5.41) is 15.6. The number of nitrogen functional groups attached to an aromatic ring is 2. The third-order valence-corrected chi connectivity index (χ3v) is 13.6. The van der Waals surface area contributed by atoms with Crippen molar-refractivity contribution in [3.8, 4) is 22.5 Å². The van der Waals surface area contributed by atoms with E-state index in [1.807, 2.05) is 58.9 Å². The van der Waals surface area contributed by atoms with E-state index in [1.54, 1.807) is 91.5 Å². The Morgan fingerprint density at radius 3 is 1.33 bits per heavy atom. The van der Waals surface area contributed by atoms with Crippen LogP contribution in [-0.2, 0) is 22.3 Å². The number of Topliss-reactive ketones (excluding diaryl/α,β-unsaturated/α-hetero) is 1. The SMILES string of the molecule is CCc1ccnc(NC(=O)c2ccc(-c3nc(C4CCCCCN4C(=O)OC(C)(C)C)n(N)c3C(=O)O)cc2)c1.CCc1ccnc(NC(=O)c2ccc(-c3nc(C4CCCCCN4C(=O)OC(C)(C)C)n(N)c3C(C)=O)cc2)c1.[Li+].[OH-]. The molecule has 8 rings (SSSR count). The van der Waals surface area contributed by atoms with Crippen molar-refractivity contribution < 1.29 is 67.7 Å². The zero-order valence-corrected chi connectivity index (χ0v) is 48.6. The molecule has 0 bridgehead atoms. The number of carbonyl (C=O) groups is 6. The molecule has 6 aromatic rings. The number of benzene rings is 2. The standard InChI is InChI=1S/C30H38N6O4.C29H36N6O5.Li.H2O/c1-6-20-15-16-32-24(18-20)33-28(38)22-13-11-21(12-14-22)25-26(19(2)37)36(31)27(34-25)23-10-8-7-9-17-35(23)29(39)40-30(3,4)5;1-5-18-14-15-31-22(17-18)32-26(36)20-12-10-19(11-13-20)23-24(27(37)38)35(30)25(33-23)21-9-7-6-8-16-34(21)28(39)40-29(2,3)4;;/h11-16,18,23H,6-10,17,31H2,1-5H3,(H,32,33,38);10-15,17,21H,5-9,16,30H2,1-4H3,(H,37,38)(H,31,32,36);;1H2/q;;+1;/p-1. The van der Waals surface area contributed by atoms with Gasteiger partial charge in [0.1, 0.15) is 39.9 Å². The molecule has 2 atom stereocenters. The monoisotopic (exact) mass is 1120 g/mol. The molecule has 0 radical (unpaired) electrons.